The van der Waals surface area contributed by atoms with Crippen LogP contribution in [0.3, 0.4) is 0 Å². The minimum absolute atomic E-state index is 0.340. The molecule has 0 N–H and O–H groups in total. The highest BCUT2D eigenvalue weighted by atomic mass is 79.9. The zero-order valence-electron chi connectivity index (χ0n) is 2.75. The van der Waals surface area contributed by atoms with Crippen LogP contribution in [0.5, 0.6) is 0 Å². The van der Waals surface area contributed by atoms with Crippen LogP contribution in [-0.2, 0) is 0 Å². The summed E-state index contributed by atoms with van der Waals surface area (Å²) < 4.78 is 11.3. The van der Waals surface area contributed by atoms with Crippen LogP contribution in [0.4, 0.5) is 4.39 Å². The predicted molar refractivity (Wildman–Crippen MR) is 24.0 cm³/mol. The molecule has 0 aromatic carbocycles. The molecule has 0 aliphatic rings. The van der Waals surface area contributed by atoms with Gasteiger partial charge in [-0.3, -0.25) is 0 Å². The van der Waals surface area contributed by atoms with E-state index in [9.17, 15) is 4.39 Å². The van der Waals surface area contributed by atoms with Crippen molar-refractivity contribution in [3.05, 3.63) is 6.92 Å². The summed E-state index contributed by atoms with van der Waals surface area (Å²) in [5.74, 6) is 0. The minimum atomic E-state index is -0.949. The SMILES string of the molecule is [CH2]C(F)CBr. The lowest BCUT2D eigenvalue weighted by atomic mass is 10.5. The molecule has 0 heterocycles. The Kier molecular flexibility index (Phi) is 2.85. The van der Waals surface area contributed by atoms with Gasteiger partial charge < -0.3 is 0 Å². The fraction of sp³-hybridized carbons (Fsp3) is 0.667. The second kappa shape index (κ2) is 2.64. The molecule has 0 saturated carbocycles. The molecule has 2 heteroatoms. The fourth-order valence-corrected chi connectivity index (χ4v) is 0. The maximum atomic E-state index is 11.3. The van der Waals surface area contributed by atoms with Gasteiger partial charge in [0.05, 0.1) is 0 Å². The van der Waals surface area contributed by atoms with Crippen LogP contribution in [0, 0.1) is 6.92 Å². The fourth-order valence-electron chi connectivity index (χ4n) is 0. The molecule has 1 radical (unpaired) electrons. The first kappa shape index (κ1) is 5.41. The van der Waals surface area contributed by atoms with Crippen LogP contribution in [0.25, 0.3) is 0 Å². The van der Waals surface area contributed by atoms with Gasteiger partial charge in [0.2, 0.25) is 0 Å². The largest absolute Gasteiger partial charge is 0.247 e. The Morgan fingerprint density at radius 3 is 2.20 bits per heavy atom. The van der Waals surface area contributed by atoms with Gasteiger partial charge >= 0.3 is 0 Å². The molecule has 5 heavy (non-hydrogen) atoms. The van der Waals surface area contributed by atoms with Crippen LogP contribution >= 0.6 is 15.9 Å². The molecule has 0 bridgehead atoms. The highest BCUT2D eigenvalue weighted by Gasteiger charge is 1.87. The monoisotopic (exact) mass is 139 g/mol. The highest BCUT2D eigenvalue weighted by molar-refractivity contribution is 9.09. The van der Waals surface area contributed by atoms with Gasteiger partial charge in [-0.15, -0.1) is 0 Å². The van der Waals surface area contributed by atoms with E-state index in [2.05, 4.69) is 22.9 Å². The van der Waals surface area contributed by atoms with Crippen molar-refractivity contribution in [3.8, 4) is 0 Å². The summed E-state index contributed by atoms with van der Waals surface area (Å²) in [4.78, 5) is 0. The lowest BCUT2D eigenvalue weighted by molar-refractivity contribution is 0.436. The Bertz CT molecular complexity index is 20.9. The summed E-state index contributed by atoms with van der Waals surface area (Å²) >= 11 is 2.88. The van der Waals surface area contributed by atoms with E-state index in [0.717, 1.165) is 0 Å². The van der Waals surface area contributed by atoms with Crippen molar-refractivity contribution in [2.24, 2.45) is 0 Å². The third-order valence-electron chi connectivity index (χ3n) is 0.167. The van der Waals surface area contributed by atoms with Crippen molar-refractivity contribution in [2.75, 3.05) is 5.33 Å². The predicted octanol–water partition coefficient (Wildman–Crippen LogP) is 1.55. The van der Waals surface area contributed by atoms with Crippen molar-refractivity contribution in [2.45, 2.75) is 6.17 Å². The van der Waals surface area contributed by atoms with E-state index in [0.29, 0.717) is 5.33 Å². The molecule has 0 rings (SSSR count). The molecule has 0 aromatic rings. The van der Waals surface area contributed by atoms with E-state index in [-0.39, 0.29) is 0 Å². The van der Waals surface area contributed by atoms with Crippen molar-refractivity contribution >= 4 is 15.9 Å². The van der Waals surface area contributed by atoms with Crippen molar-refractivity contribution in [1.29, 1.82) is 0 Å². The zero-order chi connectivity index (χ0) is 4.28. The first-order chi connectivity index (χ1) is 2.27. The maximum absolute atomic E-state index is 11.3. The molecule has 1 unspecified atom stereocenters. The first-order valence-corrected chi connectivity index (χ1v) is 2.42. The van der Waals surface area contributed by atoms with E-state index >= 15 is 0 Å². The number of hydrogen-bond acceptors (Lipinski definition) is 0. The molecule has 0 aliphatic carbocycles. The molecule has 31 valence electrons. The van der Waals surface area contributed by atoms with Gasteiger partial charge in [-0.25, -0.2) is 4.39 Å². The standard InChI is InChI=1S/C3H5BrF/c1-3(5)2-4/h3H,1-2H2. The summed E-state index contributed by atoms with van der Waals surface area (Å²) in [6.07, 6.45) is -0.949. The summed E-state index contributed by atoms with van der Waals surface area (Å²) in [5, 5.41) is 0.340. The van der Waals surface area contributed by atoms with Gasteiger partial charge in [0.1, 0.15) is 6.17 Å². The molecular weight excluding hydrogens is 135 g/mol. The molecule has 0 nitrogen and oxygen atoms in total. The summed E-state index contributed by atoms with van der Waals surface area (Å²) in [6, 6.07) is 0. The van der Waals surface area contributed by atoms with Crippen molar-refractivity contribution < 1.29 is 4.39 Å². The topological polar surface area (TPSA) is 0 Å². The van der Waals surface area contributed by atoms with E-state index in [1.165, 1.54) is 0 Å². The van der Waals surface area contributed by atoms with E-state index < -0.39 is 6.17 Å². The number of rotatable bonds is 1. The third-order valence-corrected chi connectivity index (χ3v) is 0.870. The summed E-state index contributed by atoms with van der Waals surface area (Å²) in [7, 11) is 0. The molecule has 0 fully saturated rings. The lowest BCUT2D eigenvalue weighted by Gasteiger charge is -1.84. The van der Waals surface area contributed by atoms with E-state index in [1.54, 1.807) is 0 Å². The Morgan fingerprint density at radius 2 is 2.20 bits per heavy atom. The molecule has 0 aromatic heterocycles. The van der Waals surface area contributed by atoms with Crippen LogP contribution in [0.15, 0.2) is 0 Å². The number of alkyl halides is 2. The number of halogens is 2. The maximum Gasteiger partial charge on any atom is 0.110 e. The van der Waals surface area contributed by atoms with Crippen LogP contribution in [0.1, 0.15) is 0 Å². The summed E-state index contributed by atoms with van der Waals surface area (Å²) in [5.41, 5.74) is 0. The average Bonchev–Trinajstić information content (AvgIpc) is 1.38. The van der Waals surface area contributed by atoms with Gasteiger partial charge in [-0.2, -0.15) is 0 Å². The zero-order valence-corrected chi connectivity index (χ0v) is 4.33. The second-order valence-corrected chi connectivity index (χ2v) is 1.40. The smallest absolute Gasteiger partial charge is 0.110 e. The van der Waals surface area contributed by atoms with Crippen molar-refractivity contribution in [1.82, 2.24) is 0 Å². The van der Waals surface area contributed by atoms with Gasteiger partial charge in [-0.1, -0.05) is 15.9 Å². The molecule has 0 spiro atoms. The highest BCUT2D eigenvalue weighted by Crippen LogP contribution is 1.90. The first-order valence-electron chi connectivity index (χ1n) is 1.30. The second-order valence-electron chi connectivity index (χ2n) is 0.752. The molecular formula is C3H5BrF. The Balaban J connectivity index is 2.54. The average molecular weight is 140 g/mol. The quantitative estimate of drug-likeness (QED) is 0.484. The van der Waals surface area contributed by atoms with Crippen LogP contribution < -0.4 is 0 Å². The van der Waals surface area contributed by atoms with E-state index in [1.807, 2.05) is 0 Å². The molecule has 0 saturated heterocycles. The van der Waals surface area contributed by atoms with Gasteiger partial charge in [0.15, 0.2) is 0 Å². The Labute approximate surface area is 39.5 Å². The molecule has 1 atom stereocenters. The molecule has 0 aliphatic heterocycles. The number of hydrogen-bond donors (Lipinski definition) is 0. The van der Waals surface area contributed by atoms with E-state index in [4.69, 9.17) is 0 Å². The molecule has 0 amide bonds. The Morgan fingerprint density at radius 1 is 2.00 bits per heavy atom. The third kappa shape index (κ3) is 4.41. The summed E-state index contributed by atoms with van der Waals surface area (Å²) in [6.45, 7) is 3.04. The van der Waals surface area contributed by atoms with Gasteiger partial charge in [-0.05, 0) is 6.92 Å². The van der Waals surface area contributed by atoms with Crippen LogP contribution in [-0.4, -0.2) is 11.5 Å². The van der Waals surface area contributed by atoms with Gasteiger partial charge in [0.25, 0.3) is 0 Å². The minimum Gasteiger partial charge on any atom is -0.247 e. The van der Waals surface area contributed by atoms with Crippen LogP contribution in [0.2, 0.25) is 0 Å². The van der Waals surface area contributed by atoms with Crippen molar-refractivity contribution in [3.63, 3.8) is 0 Å². The normalized spacial score (nSPS) is 15.0. The Hall–Kier alpha value is 0.410. The lowest BCUT2D eigenvalue weighted by Crippen LogP contribution is -1.89. The van der Waals surface area contributed by atoms with Gasteiger partial charge in [0, 0.05) is 5.33 Å².